The second kappa shape index (κ2) is 12.1. The monoisotopic (exact) mass is 551 g/mol. The number of methoxy groups -OCH3 is 1. The second-order valence-electron chi connectivity index (χ2n) is 9.76. The quantitative estimate of drug-likeness (QED) is 0.531. The fourth-order valence-electron chi connectivity index (χ4n) is 5.33. The number of aromatic nitrogens is 2. The highest BCUT2D eigenvalue weighted by atomic mass is 19.4. The van der Waals surface area contributed by atoms with Crippen molar-refractivity contribution in [3.05, 3.63) is 48.3 Å². The highest BCUT2D eigenvalue weighted by molar-refractivity contribution is 5.82. The van der Waals surface area contributed by atoms with Gasteiger partial charge >= 0.3 is 18.2 Å². The van der Waals surface area contributed by atoms with Gasteiger partial charge in [0.25, 0.3) is 0 Å². The molecule has 212 valence electrons. The van der Waals surface area contributed by atoms with Crippen molar-refractivity contribution in [3.8, 4) is 5.75 Å². The summed E-state index contributed by atoms with van der Waals surface area (Å²) in [5.41, 5.74) is 0.463. The number of carbonyl (C=O) groups excluding carboxylic acids is 1. The largest absolute Gasteiger partial charge is 0.497 e. The average molecular weight is 552 g/mol. The number of ether oxygens (including phenoxy) is 2. The fraction of sp³-hybridized carbons (Fsp3) is 0.538. The molecule has 2 fully saturated rings. The summed E-state index contributed by atoms with van der Waals surface area (Å²) in [5.74, 6) is -0.878. The Bertz CT molecular complexity index is 1110. The van der Waals surface area contributed by atoms with E-state index in [9.17, 15) is 27.9 Å². The van der Waals surface area contributed by atoms with Crippen molar-refractivity contribution in [1.82, 2.24) is 19.8 Å². The maximum atomic E-state index is 13.7. The number of hydrogen-bond acceptors (Lipinski definition) is 7. The highest BCUT2D eigenvalue weighted by Crippen LogP contribution is 2.34. The van der Waals surface area contributed by atoms with Crippen molar-refractivity contribution >= 4 is 17.9 Å². The third-order valence-corrected chi connectivity index (χ3v) is 7.28. The number of likely N-dealkylation sites (tertiary alicyclic amines) is 1. The number of nitrogens with zero attached hydrogens (tertiary/aromatic N) is 5. The third-order valence-electron chi connectivity index (χ3n) is 7.28. The lowest BCUT2D eigenvalue weighted by Gasteiger charge is -2.37. The van der Waals surface area contributed by atoms with Crippen molar-refractivity contribution in [2.75, 3.05) is 31.7 Å². The molecule has 2 aliphatic rings. The molecular weight excluding hydrogens is 519 g/mol. The number of piperidine rings is 1. The van der Waals surface area contributed by atoms with Crippen LogP contribution in [0.15, 0.2) is 42.7 Å². The summed E-state index contributed by atoms with van der Waals surface area (Å²) in [5, 5.41) is 9.91. The van der Waals surface area contributed by atoms with E-state index in [1.165, 1.54) is 7.11 Å². The molecule has 3 atom stereocenters. The zero-order valence-electron chi connectivity index (χ0n) is 21.8. The van der Waals surface area contributed by atoms with E-state index in [0.717, 1.165) is 9.80 Å². The Morgan fingerprint density at radius 2 is 1.77 bits per heavy atom. The van der Waals surface area contributed by atoms with E-state index in [0.29, 0.717) is 43.2 Å². The number of rotatable bonds is 8. The molecule has 2 amide bonds. The molecule has 13 heteroatoms. The number of carboxylic acid groups (broad SMARTS) is 1. The van der Waals surface area contributed by atoms with Gasteiger partial charge in [0.2, 0.25) is 5.95 Å². The molecule has 1 aromatic carbocycles. The standard InChI is InChI=1S/C26H32F3N5O5/c1-17-14-21(33(23(35)26(27,28)29)15-18-4-6-19(38-2)7-5-18)22(34(17)25(36)37)16-39-20-8-12-32(13-9-20)24-30-10-3-11-31-24/h3-7,10-11,17,20-22H,8-9,12-16H2,1-2H3,(H,36,37)/t17-,21+,22+/m1/s1. The van der Waals surface area contributed by atoms with Crippen LogP contribution in [-0.4, -0.2) is 94.1 Å². The Balaban J connectivity index is 1.50. The van der Waals surface area contributed by atoms with E-state index in [-0.39, 0.29) is 25.7 Å². The van der Waals surface area contributed by atoms with Crippen LogP contribution in [0.3, 0.4) is 0 Å². The van der Waals surface area contributed by atoms with Gasteiger partial charge in [-0.1, -0.05) is 12.1 Å². The van der Waals surface area contributed by atoms with Crippen LogP contribution in [0.5, 0.6) is 5.75 Å². The lowest BCUT2D eigenvalue weighted by atomic mass is 10.0. The molecule has 0 spiro atoms. The lowest BCUT2D eigenvalue weighted by molar-refractivity contribution is -0.189. The molecule has 1 aromatic heterocycles. The summed E-state index contributed by atoms with van der Waals surface area (Å²) in [6.07, 6.45) is -1.99. The number of halogens is 3. The zero-order chi connectivity index (χ0) is 28.2. The van der Waals surface area contributed by atoms with Gasteiger partial charge in [-0.2, -0.15) is 13.2 Å². The van der Waals surface area contributed by atoms with Crippen LogP contribution >= 0.6 is 0 Å². The molecule has 0 saturated carbocycles. The smallest absolute Gasteiger partial charge is 0.471 e. The van der Waals surface area contributed by atoms with E-state index in [4.69, 9.17) is 9.47 Å². The maximum Gasteiger partial charge on any atom is 0.471 e. The number of anilines is 1. The summed E-state index contributed by atoms with van der Waals surface area (Å²) in [7, 11) is 1.47. The van der Waals surface area contributed by atoms with Gasteiger partial charge in [0.05, 0.1) is 31.9 Å². The van der Waals surface area contributed by atoms with E-state index in [1.807, 2.05) is 4.90 Å². The molecule has 2 saturated heterocycles. The van der Waals surface area contributed by atoms with Crippen LogP contribution < -0.4 is 9.64 Å². The summed E-state index contributed by atoms with van der Waals surface area (Å²) in [6, 6.07) is 5.51. The predicted molar refractivity (Wildman–Crippen MR) is 134 cm³/mol. The first-order valence-corrected chi connectivity index (χ1v) is 12.7. The first kappa shape index (κ1) is 28.4. The van der Waals surface area contributed by atoms with Crippen molar-refractivity contribution in [2.45, 2.75) is 63.1 Å². The van der Waals surface area contributed by atoms with Crippen molar-refractivity contribution in [1.29, 1.82) is 0 Å². The summed E-state index contributed by atoms with van der Waals surface area (Å²) >= 11 is 0. The van der Waals surface area contributed by atoms with Crippen LogP contribution in [0.1, 0.15) is 31.7 Å². The number of alkyl halides is 3. The number of amides is 2. The number of benzene rings is 1. The summed E-state index contributed by atoms with van der Waals surface area (Å²) in [6.45, 7) is 2.41. The van der Waals surface area contributed by atoms with Crippen molar-refractivity contribution < 1.29 is 37.3 Å². The normalized spacial score (nSPS) is 22.1. The molecule has 0 bridgehead atoms. The summed E-state index contributed by atoms with van der Waals surface area (Å²) in [4.78, 5) is 37.2. The van der Waals surface area contributed by atoms with Gasteiger partial charge in [0.1, 0.15) is 5.75 Å². The number of carbonyl (C=O) groups is 2. The second-order valence-corrected chi connectivity index (χ2v) is 9.76. The molecular formula is C26H32F3N5O5. The van der Waals surface area contributed by atoms with Gasteiger partial charge in [-0.25, -0.2) is 14.8 Å². The minimum Gasteiger partial charge on any atom is -0.497 e. The average Bonchev–Trinajstić information content (AvgIpc) is 3.26. The third kappa shape index (κ3) is 6.70. The van der Waals surface area contributed by atoms with Crippen LogP contribution in [0.4, 0.5) is 23.9 Å². The Morgan fingerprint density at radius 3 is 2.33 bits per heavy atom. The molecule has 3 heterocycles. The molecule has 1 N–H and O–H groups in total. The van der Waals surface area contributed by atoms with Gasteiger partial charge in [0.15, 0.2) is 0 Å². The molecule has 4 rings (SSSR count). The van der Waals surface area contributed by atoms with Crippen molar-refractivity contribution in [2.24, 2.45) is 0 Å². The van der Waals surface area contributed by atoms with Crippen LogP contribution in [0.25, 0.3) is 0 Å². The minimum absolute atomic E-state index is 0.0576. The number of hydrogen-bond donors (Lipinski definition) is 1. The highest BCUT2D eigenvalue weighted by Gasteiger charge is 2.51. The Morgan fingerprint density at radius 1 is 1.13 bits per heavy atom. The molecule has 0 unspecified atom stereocenters. The van der Waals surface area contributed by atoms with Gasteiger partial charge in [-0.15, -0.1) is 0 Å². The molecule has 0 aliphatic carbocycles. The van der Waals surface area contributed by atoms with E-state index in [2.05, 4.69) is 9.97 Å². The van der Waals surface area contributed by atoms with Gasteiger partial charge in [-0.05, 0) is 49.9 Å². The van der Waals surface area contributed by atoms with Gasteiger partial charge in [-0.3, -0.25) is 9.69 Å². The molecule has 0 radical (unpaired) electrons. The molecule has 2 aromatic rings. The van der Waals surface area contributed by atoms with Gasteiger partial charge < -0.3 is 24.4 Å². The first-order chi connectivity index (χ1) is 18.6. The van der Waals surface area contributed by atoms with Crippen LogP contribution in [0.2, 0.25) is 0 Å². The van der Waals surface area contributed by atoms with Crippen LogP contribution in [0, 0.1) is 0 Å². The van der Waals surface area contributed by atoms with Gasteiger partial charge in [0, 0.05) is 38.1 Å². The Hall–Kier alpha value is -3.61. The molecule has 10 nitrogen and oxygen atoms in total. The van der Waals surface area contributed by atoms with E-state index >= 15 is 0 Å². The maximum absolute atomic E-state index is 13.7. The summed E-state index contributed by atoms with van der Waals surface area (Å²) < 4.78 is 52.4. The Kier molecular flexibility index (Phi) is 8.78. The van der Waals surface area contributed by atoms with Crippen molar-refractivity contribution in [3.63, 3.8) is 0 Å². The first-order valence-electron chi connectivity index (χ1n) is 12.7. The predicted octanol–water partition coefficient (Wildman–Crippen LogP) is 3.57. The van der Waals surface area contributed by atoms with E-state index in [1.54, 1.807) is 49.6 Å². The molecule has 39 heavy (non-hydrogen) atoms. The SMILES string of the molecule is COc1ccc(CN(C(=O)C(F)(F)F)[C@H]2C[C@@H](C)N(C(=O)O)[C@H]2COC2CCN(c3ncccn3)CC2)cc1. The topological polar surface area (TPSA) is 108 Å². The fourth-order valence-corrected chi connectivity index (χ4v) is 5.33. The lowest BCUT2D eigenvalue weighted by Crippen LogP contribution is -2.54. The van der Waals surface area contributed by atoms with Crippen LogP contribution in [-0.2, 0) is 16.1 Å². The molecule has 2 aliphatic heterocycles. The van der Waals surface area contributed by atoms with E-state index < -0.39 is 36.3 Å². The Labute approximate surface area is 224 Å². The zero-order valence-corrected chi connectivity index (χ0v) is 21.8. The minimum atomic E-state index is -5.12.